The number of aliphatic hydroxyl groups excluding tert-OH is 1. The van der Waals surface area contributed by atoms with Gasteiger partial charge in [-0.15, -0.1) is 0 Å². The Kier molecular flexibility index (Phi) is 7.14. The molecule has 7 atom stereocenters. The van der Waals surface area contributed by atoms with E-state index in [1.165, 1.54) is 12.0 Å². The van der Waals surface area contributed by atoms with E-state index in [4.69, 9.17) is 9.47 Å². The monoisotopic (exact) mass is 444 g/mol. The molecule has 0 aromatic rings. The van der Waals surface area contributed by atoms with E-state index < -0.39 is 6.10 Å². The van der Waals surface area contributed by atoms with Gasteiger partial charge in [0, 0.05) is 12.3 Å². The predicted octanol–water partition coefficient (Wildman–Crippen LogP) is 5.12. The van der Waals surface area contributed by atoms with Gasteiger partial charge >= 0.3 is 11.9 Å². The molecule has 1 aliphatic heterocycles. The summed E-state index contributed by atoms with van der Waals surface area (Å²) in [4.78, 5) is 25.0. The summed E-state index contributed by atoms with van der Waals surface area (Å²) in [5.41, 5.74) is 0.944. The van der Waals surface area contributed by atoms with Crippen LogP contribution in [0, 0.1) is 29.1 Å². The molecule has 4 rings (SSSR count). The number of allylic oxidation sites excluding steroid dienone is 3. The minimum Gasteiger partial charge on any atom is -0.462 e. The van der Waals surface area contributed by atoms with Crippen molar-refractivity contribution in [1.82, 2.24) is 0 Å². The van der Waals surface area contributed by atoms with Gasteiger partial charge in [-0.1, -0.05) is 51.3 Å². The van der Waals surface area contributed by atoms with Gasteiger partial charge in [-0.25, -0.2) is 0 Å². The second kappa shape index (κ2) is 9.70. The standard InChI is InChI=1S/C27H40O5/c1-17-13-19-8-7-18(2)22(10-9-21-15-20(28)16-24(29)31-21)25(19)23(14-17)32-26(30)27(3)11-5-4-6-12-27/h7-8,13,17-18,20-23,25,28H,4-6,9-12,14-16H2,1-3H3/t17-,18-,20+,21+,22-,23-,25-/m0/s1. The van der Waals surface area contributed by atoms with Crippen LogP contribution in [0.3, 0.4) is 0 Å². The molecule has 1 N–H and O–H groups in total. The maximum Gasteiger partial charge on any atom is 0.312 e. The number of ether oxygens (including phenoxy) is 2. The fourth-order valence-electron chi connectivity index (χ4n) is 6.45. The number of hydrogen-bond donors (Lipinski definition) is 1. The maximum atomic E-state index is 13.3. The number of aliphatic hydroxyl groups is 1. The largest absolute Gasteiger partial charge is 0.462 e. The predicted molar refractivity (Wildman–Crippen MR) is 123 cm³/mol. The molecule has 0 spiro atoms. The fourth-order valence-corrected chi connectivity index (χ4v) is 6.45. The summed E-state index contributed by atoms with van der Waals surface area (Å²) >= 11 is 0. The first-order valence-corrected chi connectivity index (χ1v) is 12.7. The summed E-state index contributed by atoms with van der Waals surface area (Å²) in [5, 5.41) is 9.97. The van der Waals surface area contributed by atoms with E-state index in [2.05, 4.69) is 39.0 Å². The van der Waals surface area contributed by atoms with Crippen LogP contribution < -0.4 is 0 Å². The zero-order valence-electron chi connectivity index (χ0n) is 19.9. The second-order valence-corrected chi connectivity index (χ2v) is 11.1. The van der Waals surface area contributed by atoms with Crippen molar-refractivity contribution in [3.63, 3.8) is 0 Å². The number of cyclic esters (lactones) is 1. The third kappa shape index (κ3) is 5.13. The van der Waals surface area contributed by atoms with Gasteiger partial charge in [0.2, 0.25) is 0 Å². The summed E-state index contributed by atoms with van der Waals surface area (Å²) in [6, 6.07) is 0. The Bertz CT molecular complexity index is 762. The molecule has 0 aromatic carbocycles. The molecule has 0 aromatic heterocycles. The van der Waals surface area contributed by atoms with Crippen molar-refractivity contribution in [2.75, 3.05) is 0 Å². The molecule has 1 heterocycles. The molecule has 2 fully saturated rings. The summed E-state index contributed by atoms with van der Waals surface area (Å²) in [6.07, 6.45) is 14.3. The number of fused-ring (bicyclic) bond motifs is 1. The second-order valence-electron chi connectivity index (χ2n) is 11.1. The first-order chi connectivity index (χ1) is 15.2. The molecular formula is C27H40O5. The van der Waals surface area contributed by atoms with Crippen molar-refractivity contribution in [3.8, 4) is 0 Å². The molecule has 178 valence electrons. The Morgan fingerprint density at radius 2 is 1.94 bits per heavy atom. The summed E-state index contributed by atoms with van der Waals surface area (Å²) in [6.45, 7) is 6.52. The smallest absolute Gasteiger partial charge is 0.312 e. The van der Waals surface area contributed by atoms with Crippen LogP contribution in [0.25, 0.3) is 0 Å². The van der Waals surface area contributed by atoms with E-state index >= 15 is 0 Å². The average molecular weight is 445 g/mol. The van der Waals surface area contributed by atoms with Crippen molar-refractivity contribution >= 4 is 11.9 Å². The van der Waals surface area contributed by atoms with Gasteiger partial charge in [0.1, 0.15) is 12.2 Å². The highest BCUT2D eigenvalue weighted by Gasteiger charge is 2.44. The molecule has 1 saturated carbocycles. The lowest BCUT2D eigenvalue weighted by atomic mass is 9.65. The highest BCUT2D eigenvalue weighted by molar-refractivity contribution is 5.76. The number of carbonyl (C=O) groups is 2. The Hall–Kier alpha value is -1.62. The Morgan fingerprint density at radius 1 is 1.19 bits per heavy atom. The molecule has 4 aliphatic rings. The fraction of sp³-hybridized carbons (Fsp3) is 0.778. The van der Waals surface area contributed by atoms with Crippen molar-refractivity contribution in [1.29, 1.82) is 0 Å². The molecule has 5 nitrogen and oxygen atoms in total. The van der Waals surface area contributed by atoms with Crippen LogP contribution in [-0.2, 0) is 19.1 Å². The highest BCUT2D eigenvalue weighted by Crippen LogP contribution is 2.46. The molecule has 5 heteroatoms. The lowest BCUT2D eigenvalue weighted by Gasteiger charge is -2.44. The van der Waals surface area contributed by atoms with Crippen molar-refractivity contribution in [2.45, 2.75) is 103 Å². The van der Waals surface area contributed by atoms with Crippen molar-refractivity contribution < 1.29 is 24.2 Å². The van der Waals surface area contributed by atoms with E-state index in [0.717, 1.165) is 44.9 Å². The Balaban J connectivity index is 1.49. The molecule has 32 heavy (non-hydrogen) atoms. The van der Waals surface area contributed by atoms with E-state index in [1.807, 2.05) is 0 Å². The van der Waals surface area contributed by atoms with Crippen molar-refractivity contribution in [3.05, 3.63) is 23.8 Å². The van der Waals surface area contributed by atoms with Gasteiger partial charge in [0.25, 0.3) is 0 Å². The zero-order chi connectivity index (χ0) is 22.9. The van der Waals surface area contributed by atoms with Crippen molar-refractivity contribution in [2.24, 2.45) is 29.1 Å². The maximum absolute atomic E-state index is 13.3. The number of carbonyl (C=O) groups excluding carboxylic acids is 2. The van der Waals surface area contributed by atoms with Crippen LogP contribution in [0.1, 0.15) is 85.0 Å². The highest BCUT2D eigenvalue weighted by atomic mass is 16.6. The minimum atomic E-state index is -0.596. The van der Waals surface area contributed by atoms with Crippen LogP contribution in [0.5, 0.6) is 0 Å². The number of hydrogen-bond acceptors (Lipinski definition) is 5. The minimum absolute atomic E-state index is 0.0130. The van der Waals surface area contributed by atoms with Gasteiger partial charge in [0.15, 0.2) is 0 Å². The molecule has 0 bridgehead atoms. The van der Waals surface area contributed by atoms with Crippen LogP contribution in [-0.4, -0.2) is 35.4 Å². The molecule has 0 amide bonds. The van der Waals surface area contributed by atoms with E-state index in [9.17, 15) is 14.7 Å². The zero-order valence-corrected chi connectivity index (χ0v) is 19.9. The number of esters is 2. The quantitative estimate of drug-likeness (QED) is 0.596. The van der Waals surface area contributed by atoms with Gasteiger partial charge < -0.3 is 14.6 Å². The van der Waals surface area contributed by atoms with Crippen LogP contribution in [0.2, 0.25) is 0 Å². The van der Waals surface area contributed by atoms with E-state index in [-0.39, 0.29) is 41.9 Å². The van der Waals surface area contributed by atoms with E-state index in [0.29, 0.717) is 24.2 Å². The first-order valence-electron chi connectivity index (χ1n) is 12.7. The van der Waals surface area contributed by atoms with Gasteiger partial charge in [0.05, 0.1) is 17.9 Å². The van der Waals surface area contributed by atoms with Gasteiger partial charge in [-0.05, 0) is 62.4 Å². The molecule has 0 radical (unpaired) electrons. The van der Waals surface area contributed by atoms with E-state index in [1.54, 1.807) is 0 Å². The van der Waals surface area contributed by atoms with Crippen LogP contribution in [0.4, 0.5) is 0 Å². The average Bonchev–Trinajstić information content (AvgIpc) is 2.73. The molecular weight excluding hydrogens is 404 g/mol. The Labute approximate surface area is 192 Å². The SMILES string of the molecule is C[C@H]1C=C2C=C[C@H](C)[C@H](CC[C@@H]3C[C@@H](O)CC(=O)O3)[C@H]2[C@@H](OC(=O)C2(C)CCCCC2)C1. The third-order valence-corrected chi connectivity index (χ3v) is 8.36. The van der Waals surface area contributed by atoms with Gasteiger partial charge in [-0.2, -0.15) is 0 Å². The van der Waals surface area contributed by atoms with Gasteiger partial charge in [-0.3, -0.25) is 9.59 Å². The molecule has 3 aliphatic carbocycles. The summed E-state index contributed by atoms with van der Waals surface area (Å²) in [7, 11) is 0. The lowest BCUT2D eigenvalue weighted by molar-refractivity contribution is -0.168. The Morgan fingerprint density at radius 3 is 2.66 bits per heavy atom. The third-order valence-electron chi connectivity index (χ3n) is 8.36. The van der Waals surface area contributed by atoms with Crippen LogP contribution in [0.15, 0.2) is 23.8 Å². The van der Waals surface area contributed by atoms with Crippen LogP contribution >= 0.6 is 0 Å². The first kappa shape index (κ1) is 23.5. The topological polar surface area (TPSA) is 72.8 Å². The normalized spacial score (nSPS) is 38.9. The molecule has 0 unspecified atom stereocenters. The molecule has 1 saturated heterocycles. The number of rotatable bonds is 5. The lowest BCUT2D eigenvalue weighted by Crippen LogP contribution is -2.44. The summed E-state index contributed by atoms with van der Waals surface area (Å²) in [5.74, 6) is 0.943. The summed E-state index contributed by atoms with van der Waals surface area (Å²) < 4.78 is 11.8.